The Hall–Kier alpha value is -0.880. The van der Waals surface area contributed by atoms with Crippen molar-refractivity contribution < 1.29 is 8.42 Å². The number of hydrogen-bond acceptors (Lipinski definition) is 3. The predicted octanol–water partition coefficient (Wildman–Crippen LogP) is -0.340. The molecule has 0 aliphatic carbocycles. The molecule has 0 fully saturated rings. The van der Waals surface area contributed by atoms with E-state index in [1.54, 1.807) is 0 Å². The third kappa shape index (κ3) is 1.41. The number of nitrogens with zero attached hydrogens (tertiary/aromatic N) is 2. The van der Waals surface area contributed by atoms with Crippen LogP contribution in [-0.2, 0) is 10.0 Å². The summed E-state index contributed by atoms with van der Waals surface area (Å²) in [7, 11) is -0.345. The number of sulfonamides is 1. The number of H-pyrrole nitrogens is 1. The molecule has 0 aromatic carbocycles. The first-order valence-corrected chi connectivity index (χ1v) is 4.40. The zero-order valence-electron chi connectivity index (χ0n) is 6.27. The smallest absolute Gasteiger partial charge is 0.245 e. The Kier molecular flexibility index (Phi) is 1.97. The number of nitrogens with one attached hydrogen (secondary N) is 1. The van der Waals surface area contributed by atoms with E-state index in [1.165, 1.54) is 26.5 Å². The van der Waals surface area contributed by atoms with Gasteiger partial charge < -0.3 is 0 Å². The summed E-state index contributed by atoms with van der Waals surface area (Å²) in [5.74, 6) is 0. The van der Waals surface area contributed by atoms with Crippen LogP contribution >= 0.6 is 0 Å². The molecule has 11 heavy (non-hydrogen) atoms. The van der Waals surface area contributed by atoms with Crippen molar-refractivity contribution in [2.24, 2.45) is 0 Å². The summed E-state index contributed by atoms with van der Waals surface area (Å²) in [5, 5.41) is 5.97. The van der Waals surface area contributed by atoms with Crippen molar-refractivity contribution in [2.45, 2.75) is 4.90 Å². The molecule has 0 aliphatic rings. The minimum absolute atomic E-state index is 0.183. The van der Waals surface area contributed by atoms with Gasteiger partial charge in [-0.2, -0.15) is 5.10 Å². The zero-order chi connectivity index (χ0) is 8.48. The van der Waals surface area contributed by atoms with Gasteiger partial charge in [-0.3, -0.25) is 5.10 Å². The van der Waals surface area contributed by atoms with Crippen LogP contribution in [0.2, 0.25) is 0 Å². The lowest BCUT2D eigenvalue weighted by Gasteiger charge is -2.07. The predicted molar refractivity (Wildman–Crippen MR) is 39.5 cm³/mol. The molecule has 1 heterocycles. The van der Waals surface area contributed by atoms with Crippen LogP contribution in [0.25, 0.3) is 0 Å². The Bertz CT molecular complexity index is 314. The summed E-state index contributed by atoms with van der Waals surface area (Å²) in [4.78, 5) is 0.183. The molecule has 0 spiro atoms. The van der Waals surface area contributed by atoms with E-state index in [9.17, 15) is 8.42 Å². The van der Waals surface area contributed by atoms with Gasteiger partial charge in [-0.25, -0.2) is 12.7 Å². The minimum Gasteiger partial charge on any atom is -0.284 e. The molecule has 1 N–H and O–H groups in total. The highest BCUT2D eigenvalue weighted by atomic mass is 32.2. The fourth-order valence-corrected chi connectivity index (χ4v) is 1.40. The zero-order valence-corrected chi connectivity index (χ0v) is 7.09. The molecule has 0 aliphatic heterocycles. The molecule has 0 unspecified atom stereocenters. The molecule has 1 rings (SSSR count). The summed E-state index contributed by atoms with van der Waals surface area (Å²) < 4.78 is 23.7. The van der Waals surface area contributed by atoms with Crippen molar-refractivity contribution in [2.75, 3.05) is 14.1 Å². The third-order valence-electron chi connectivity index (χ3n) is 1.25. The van der Waals surface area contributed by atoms with E-state index in [0.717, 1.165) is 4.31 Å². The van der Waals surface area contributed by atoms with Crippen molar-refractivity contribution in [3.05, 3.63) is 12.4 Å². The van der Waals surface area contributed by atoms with E-state index in [0.29, 0.717) is 0 Å². The Morgan fingerprint density at radius 3 is 2.55 bits per heavy atom. The molecule has 0 amide bonds. The largest absolute Gasteiger partial charge is 0.284 e. The number of aromatic nitrogens is 2. The topological polar surface area (TPSA) is 66.1 Å². The molecule has 1 aromatic heterocycles. The van der Waals surface area contributed by atoms with Crippen LogP contribution in [0, 0.1) is 0 Å². The molecule has 0 bridgehead atoms. The Balaban J connectivity index is 3.12. The van der Waals surface area contributed by atoms with E-state index < -0.39 is 10.0 Å². The summed E-state index contributed by atoms with van der Waals surface area (Å²) in [6.45, 7) is 0. The van der Waals surface area contributed by atoms with Gasteiger partial charge in [0.05, 0.1) is 6.20 Å². The second-order valence-corrected chi connectivity index (χ2v) is 4.37. The van der Waals surface area contributed by atoms with Gasteiger partial charge in [-0.05, 0) is 0 Å². The maximum atomic E-state index is 11.3. The SMILES string of the molecule is CN(C)S(=O)(=O)c1cn[nH]c1. The average molecular weight is 175 g/mol. The maximum absolute atomic E-state index is 11.3. The van der Waals surface area contributed by atoms with Gasteiger partial charge in [0.25, 0.3) is 0 Å². The lowest BCUT2D eigenvalue weighted by molar-refractivity contribution is 0.521. The third-order valence-corrected chi connectivity index (χ3v) is 3.03. The molecule has 0 saturated heterocycles. The second-order valence-electron chi connectivity index (χ2n) is 2.22. The van der Waals surface area contributed by atoms with Crippen molar-refractivity contribution in [1.29, 1.82) is 0 Å². The number of hydrogen-bond donors (Lipinski definition) is 1. The van der Waals surface area contributed by atoms with Crippen molar-refractivity contribution in [3.63, 3.8) is 0 Å². The number of rotatable bonds is 2. The highest BCUT2D eigenvalue weighted by Crippen LogP contribution is 2.08. The molecular formula is C5H9N3O2S. The van der Waals surface area contributed by atoms with Gasteiger partial charge >= 0.3 is 0 Å². The van der Waals surface area contributed by atoms with Gasteiger partial charge in [-0.1, -0.05) is 0 Å². The van der Waals surface area contributed by atoms with E-state index >= 15 is 0 Å². The monoisotopic (exact) mass is 175 g/mol. The Labute approximate surface area is 65.1 Å². The van der Waals surface area contributed by atoms with E-state index in [2.05, 4.69) is 10.2 Å². The molecule has 62 valence electrons. The first-order chi connectivity index (χ1) is 5.05. The van der Waals surface area contributed by atoms with Crippen LogP contribution in [0.15, 0.2) is 17.3 Å². The summed E-state index contributed by atoms with van der Waals surface area (Å²) >= 11 is 0. The Morgan fingerprint density at radius 1 is 1.55 bits per heavy atom. The highest BCUT2D eigenvalue weighted by molar-refractivity contribution is 7.89. The van der Waals surface area contributed by atoms with Crippen molar-refractivity contribution in [1.82, 2.24) is 14.5 Å². The molecule has 5 nitrogen and oxygen atoms in total. The maximum Gasteiger partial charge on any atom is 0.245 e. The van der Waals surface area contributed by atoms with Crippen LogP contribution in [0.4, 0.5) is 0 Å². The normalized spacial score (nSPS) is 12.3. The van der Waals surface area contributed by atoms with Crippen molar-refractivity contribution >= 4 is 10.0 Å². The summed E-state index contributed by atoms with van der Waals surface area (Å²) in [5.41, 5.74) is 0. The fourth-order valence-electron chi connectivity index (χ4n) is 0.591. The summed E-state index contributed by atoms with van der Waals surface area (Å²) in [6.07, 6.45) is 2.62. The lowest BCUT2D eigenvalue weighted by Crippen LogP contribution is -2.21. The van der Waals surface area contributed by atoms with Gasteiger partial charge in [0.15, 0.2) is 0 Å². The van der Waals surface area contributed by atoms with E-state index in [1.807, 2.05) is 0 Å². The van der Waals surface area contributed by atoms with Crippen LogP contribution in [0.1, 0.15) is 0 Å². The molecule has 0 saturated carbocycles. The van der Waals surface area contributed by atoms with Crippen LogP contribution < -0.4 is 0 Å². The molecule has 6 heteroatoms. The summed E-state index contributed by atoms with van der Waals surface area (Å²) in [6, 6.07) is 0. The van der Waals surface area contributed by atoms with Crippen LogP contribution in [0.5, 0.6) is 0 Å². The fraction of sp³-hybridized carbons (Fsp3) is 0.400. The van der Waals surface area contributed by atoms with Gasteiger partial charge in [-0.15, -0.1) is 0 Å². The molecule has 0 atom stereocenters. The van der Waals surface area contributed by atoms with Crippen molar-refractivity contribution in [3.8, 4) is 0 Å². The van der Waals surface area contributed by atoms with Gasteiger partial charge in [0.1, 0.15) is 4.90 Å². The van der Waals surface area contributed by atoms with Gasteiger partial charge in [0, 0.05) is 20.3 Å². The van der Waals surface area contributed by atoms with E-state index in [4.69, 9.17) is 0 Å². The average Bonchev–Trinajstić information content (AvgIpc) is 2.37. The first-order valence-electron chi connectivity index (χ1n) is 2.96. The standard InChI is InChI=1S/C5H9N3O2S/c1-8(2)11(9,10)5-3-6-7-4-5/h3-4H,1-2H3,(H,6,7). The second kappa shape index (κ2) is 2.63. The molecular weight excluding hydrogens is 166 g/mol. The quantitative estimate of drug-likeness (QED) is 0.668. The lowest BCUT2D eigenvalue weighted by atomic mass is 10.7. The van der Waals surface area contributed by atoms with Gasteiger partial charge in [0.2, 0.25) is 10.0 Å². The molecule has 0 radical (unpaired) electrons. The molecule has 1 aromatic rings. The number of aromatic amines is 1. The first kappa shape index (κ1) is 8.22. The van der Waals surface area contributed by atoms with Crippen LogP contribution in [0.3, 0.4) is 0 Å². The Morgan fingerprint density at radius 2 is 2.18 bits per heavy atom. The van der Waals surface area contributed by atoms with Crippen LogP contribution in [-0.4, -0.2) is 37.0 Å². The van der Waals surface area contributed by atoms with E-state index in [-0.39, 0.29) is 4.90 Å². The highest BCUT2D eigenvalue weighted by Gasteiger charge is 2.17. The minimum atomic E-state index is -3.29.